The molecule has 0 radical (unpaired) electrons. The molecule has 11 heteroatoms. The van der Waals surface area contributed by atoms with E-state index in [1.807, 2.05) is 0 Å². The third-order valence-corrected chi connectivity index (χ3v) is 7.88. The molecule has 0 saturated heterocycles. The zero-order valence-corrected chi connectivity index (χ0v) is 23.0. The Bertz CT molecular complexity index is 1490. The fourth-order valence-corrected chi connectivity index (χ4v) is 5.64. The number of hydrogen-bond acceptors (Lipinski definition) is 7. The van der Waals surface area contributed by atoms with E-state index in [1.54, 1.807) is 54.6 Å². The normalized spacial score (nSPS) is 14.3. The maximum atomic E-state index is 14.2. The number of anilines is 2. The fourth-order valence-electron chi connectivity index (χ4n) is 4.91. The van der Waals surface area contributed by atoms with Gasteiger partial charge < -0.3 is 20.8 Å². The second-order valence-corrected chi connectivity index (χ2v) is 10.6. The summed E-state index contributed by atoms with van der Waals surface area (Å²) in [7, 11) is 0. The number of nitrogens with one attached hydrogen (secondary N) is 2. The average Bonchev–Trinajstić information content (AvgIpc) is 3.66. The maximum Gasteiger partial charge on any atom is 0.273 e. The molecule has 1 aliphatic carbocycles. The Hall–Kier alpha value is -4.51. The highest BCUT2D eigenvalue weighted by Gasteiger charge is 2.37. The van der Waals surface area contributed by atoms with Crippen molar-refractivity contribution in [1.82, 2.24) is 15.0 Å². The molecule has 0 spiro atoms. The van der Waals surface area contributed by atoms with Gasteiger partial charge in [-0.3, -0.25) is 19.3 Å². The van der Waals surface area contributed by atoms with Gasteiger partial charge in [0.1, 0.15) is 16.5 Å². The molecule has 4 aromatic rings. The summed E-state index contributed by atoms with van der Waals surface area (Å²) in [6, 6.07) is 16.4. The van der Waals surface area contributed by atoms with E-state index in [0.29, 0.717) is 11.3 Å². The van der Waals surface area contributed by atoms with Gasteiger partial charge in [0.2, 0.25) is 0 Å². The Morgan fingerprint density at radius 2 is 1.76 bits per heavy atom. The van der Waals surface area contributed by atoms with E-state index in [-0.39, 0.29) is 40.4 Å². The number of para-hydroxylation sites is 1. The average molecular weight is 576 g/mol. The Morgan fingerprint density at radius 1 is 1.02 bits per heavy atom. The van der Waals surface area contributed by atoms with E-state index in [9.17, 15) is 18.8 Å². The van der Waals surface area contributed by atoms with Gasteiger partial charge in [0.05, 0.1) is 12.0 Å². The third kappa shape index (κ3) is 6.46. The first-order valence-electron chi connectivity index (χ1n) is 13.4. The minimum absolute atomic E-state index is 0.00718. The predicted molar refractivity (Wildman–Crippen MR) is 154 cm³/mol. The fraction of sp³-hybridized carbons (Fsp3) is 0.267. The van der Waals surface area contributed by atoms with Crippen molar-refractivity contribution in [1.29, 1.82) is 0 Å². The van der Waals surface area contributed by atoms with Crippen molar-refractivity contribution in [3.05, 3.63) is 101 Å². The van der Waals surface area contributed by atoms with Gasteiger partial charge in [-0.25, -0.2) is 4.39 Å². The highest BCUT2D eigenvalue weighted by atomic mass is 32.1. The molecule has 0 aliphatic heterocycles. The molecule has 1 aliphatic rings. The van der Waals surface area contributed by atoms with Crippen LogP contribution in [-0.2, 0) is 11.3 Å². The number of nitrogens with zero attached hydrogens (tertiary/aromatic N) is 2. The number of amides is 3. The van der Waals surface area contributed by atoms with Gasteiger partial charge in [0, 0.05) is 18.3 Å². The number of nitrogens with two attached hydrogens (primary N) is 1. The number of hydrogen-bond donors (Lipinski definition) is 3. The Labute approximate surface area is 240 Å². The van der Waals surface area contributed by atoms with E-state index in [0.717, 1.165) is 43.6 Å². The molecule has 212 valence electrons. The second-order valence-electron chi connectivity index (χ2n) is 9.86. The molecule has 1 fully saturated rings. The Morgan fingerprint density at radius 3 is 2.44 bits per heavy atom. The molecule has 1 atom stereocenters. The number of rotatable bonds is 9. The summed E-state index contributed by atoms with van der Waals surface area (Å²) in [5.41, 5.74) is 7.39. The topological polar surface area (TPSA) is 131 Å². The molecule has 4 N–H and O–H groups in total. The molecule has 2 aromatic heterocycles. The summed E-state index contributed by atoms with van der Waals surface area (Å²) < 4.78 is 23.2. The first-order valence-corrected chi connectivity index (χ1v) is 14.2. The Balaban J connectivity index is 1.46. The van der Waals surface area contributed by atoms with Crippen LogP contribution in [0.1, 0.15) is 69.6 Å². The van der Waals surface area contributed by atoms with E-state index in [4.69, 9.17) is 10.2 Å². The van der Waals surface area contributed by atoms with Crippen molar-refractivity contribution in [2.75, 3.05) is 10.6 Å². The van der Waals surface area contributed by atoms with Crippen LogP contribution in [0.25, 0.3) is 0 Å². The van der Waals surface area contributed by atoms with Crippen molar-refractivity contribution in [2.24, 2.45) is 0 Å². The summed E-state index contributed by atoms with van der Waals surface area (Å²) in [6.45, 7) is 0.0985. The lowest BCUT2D eigenvalue weighted by atomic mass is 9.95. The van der Waals surface area contributed by atoms with Crippen LogP contribution in [0.15, 0.2) is 77.4 Å². The standard InChI is InChI=1S/C30H30FN5O4S/c31-20-15-13-19(14-16-20)18-33-29(38)26(23-12-7-17-40-23)36(22-10-5-2-6-11-22)30(39)27-24(32)25(35-41-27)28(37)34-21-8-3-1-4-9-21/h2,5-7,10-17,21,26H,1,3-4,8-9,18,32H2,(H,33,38)(H,34,37)/t26-/m0/s1. The van der Waals surface area contributed by atoms with E-state index in [1.165, 1.54) is 23.3 Å². The molecule has 5 rings (SSSR count). The number of aromatic nitrogens is 1. The number of carbonyl (C=O) groups is 3. The summed E-state index contributed by atoms with van der Waals surface area (Å²) >= 11 is 0.811. The lowest BCUT2D eigenvalue weighted by molar-refractivity contribution is -0.123. The van der Waals surface area contributed by atoms with Crippen LogP contribution in [-0.4, -0.2) is 28.1 Å². The van der Waals surface area contributed by atoms with Crippen LogP contribution >= 0.6 is 11.5 Å². The highest BCUT2D eigenvalue weighted by Crippen LogP contribution is 2.33. The lowest BCUT2D eigenvalue weighted by Gasteiger charge is -2.29. The van der Waals surface area contributed by atoms with Crippen LogP contribution in [0.4, 0.5) is 15.8 Å². The summed E-state index contributed by atoms with van der Waals surface area (Å²) in [6.07, 6.45) is 6.43. The molecular weight excluding hydrogens is 545 g/mol. The summed E-state index contributed by atoms with van der Waals surface area (Å²) in [5, 5.41) is 5.81. The molecule has 1 saturated carbocycles. The zero-order chi connectivity index (χ0) is 28.8. The van der Waals surface area contributed by atoms with Crippen LogP contribution in [0, 0.1) is 5.82 Å². The van der Waals surface area contributed by atoms with Gasteiger partial charge in [-0.1, -0.05) is 49.6 Å². The number of nitrogen functional groups attached to an aromatic ring is 1. The summed E-state index contributed by atoms with van der Waals surface area (Å²) in [4.78, 5) is 42.2. The molecule has 0 bridgehead atoms. The van der Waals surface area contributed by atoms with Gasteiger partial charge in [-0.2, -0.15) is 4.37 Å². The minimum Gasteiger partial charge on any atom is -0.467 e. The molecular formula is C30H30FN5O4S. The second kappa shape index (κ2) is 12.8. The van der Waals surface area contributed by atoms with Crippen molar-refractivity contribution in [2.45, 2.75) is 50.7 Å². The molecule has 0 unspecified atom stereocenters. The molecule has 41 heavy (non-hydrogen) atoms. The molecule has 9 nitrogen and oxygen atoms in total. The predicted octanol–water partition coefficient (Wildman–Crippen LogP) is 5.22. The van der Waals surface area contributed by atoms with Crippen LogP contribution < -0.4 is 21.3 Å². The molecule has 2 heterocycles. The van der Waals surface area contributed by atoms with Crippen molar-refractivity contribution < 1.29 is 23.2 Å². The first kappa shape index (κ1) is 28.0. The number of furan rings is 1. The van der Waals surface area contributed by atoms with Gasteiger partial charge in [0.15, 0.2) is 11.7 Å². The smallest absolute Gasteiger partial charge is 0.273 e. The van der Waals surface area contributed by atoms with Gasteiger partial charge in [-0.05, 0) is 66.3 Å². The first-order chi connectivity index (χ1) is 19.9. The zero-order valence-electron chi connectivity index (χ0n) is 22.2. The van der Waals surface area contributed by atoms with Gasteiger partial charge in [-0.15, -0.1) is 0 Å². The van der Waals surface area contributed by atoms with Crippen LogP contribution in [0.3, 0.4) is 0 Å². The van der Waals surface area contributed by atoms with Gasteiger partial charge >= 0.3 is 0 Å². The van der Waals surface area contributed by atoms with Crippen LogP contribution in [0.2, 0.25) is 0 Å². The van der Waals surface area contributed by atoms with Crippen LogP contribution in [0.5, 0.6) is 0 Å². The lowest BCUT2D eigenvalue weighted by Crippen LogP contribution is -2.43. The molecule has 2 aromatic carbocycles. The highest BCUT2D eigenvalue weighted by molar-refractivity contribution is 7.09. The third-order valence-electron chi connectivity index (χ3n) is 7.03. The maximum absolute atomic E-state index is 14.2. The van der Waals surface area contributed by atoms with E-state index >= 15 is 0 Å². The Kier molecular flexibility index (Phi) is 8.73. The molecule has 3 amide bonds. The van der Waals surface area contributed by atoms with Crippen molar-refractivity contribution in [3.63, 3.8) is 0 Å². The SMILES string of the molecule is Nc1c(C(=O)NC2CCCCC2)nsc1C(=O)N(c1ccccc1)[C@H](C(=O)NCc1ccc(F)cc1)c1ccco1. The van der Waals surface area contributed by atoms with Gasteiger partial charge in [0.25, 0.3) is 17.7 Å². The van der Waals surface area contributed by atoms with Crippen molar-refractivity contribution >= 4 is 40.6 Å². The van der Waals surface area contributed by atoms with E-state index in [2.05, 4.69) is 15.0 Å². The number of carbonyl (C=O) groups excluding carboxylic acids is 3. The number of benzene rings is 2. The number of halogens is 1. The largest absolute Gasteiger partial charge is 0.467 e. The van der Waals surface area contributed by atoms with Crippen molar-refractivity contribution in [3.8, 4) is 0 Å². The summed E-state index contributed by atoms with van der Waals surface area (Å²) in [5.74, 6) is -1.72. The minimum atomic E-state index is -1.22. The quantitative estimate of drug-likeness (QED) is 0.251. The van der Waals surface area contributed by atoms with E-state index < -0.39 is 23.8 Å². The monoisotopic (exact) mass is 575 g/mol.